The highest BCUT2D eigenvalue weighted by Crippen LogP contribution is 2.41. The number of likely N-dealkylation sites (tertiary alicyclic amines) is 2. The van der Waals surface area contributed by atoms with Crippen LogP contribution in [-0.4, -0.2) is 64.2 Å². The number of nitrogens with zero attached hydrogens (tertiary/aromatic N) is 4. The first-order valence-corrected chi connectivity index (χ1v) is 12.7. The van der Waals surface area contributed by atoms with E-state index in [1.165, 1.54) is 0 Å². The molecule has 2 aliphatic heterocycles. The molecule has 4 rings (SSSR count). The third kappa shape index (κ3) is 5.44. The molecule has 1 spiro atoms. The first-order chi connectivity index (χ1) is 16.6. The number of aryl methyl sites for hydroxylation is 1. The molecule has 3 heterocycles. The van der Waals surface area contributed by atoms with Crippen molar-refractivity contribution >= 4 is 17.9 Å². The highest BCUT2D eigenvalue weighted by atomic mass is 16.5. The number of piperidine rings is 1. The molecular weight excluding hydrogens is 440 g/mol. The molecule has 7 heteroatoms. The molecule has 0 aliphatic carbocycles. The second kappa shape index (κ2) is 9.88. The predicted octanol–water partition coefficient (Wildman–Crippen LogP) is 4.51. The van der Waals surface area contributed by atoms with Crippen LogP contribution in [0.3, 0.4) is 0 Å². The van der Waals surface area contributed by atoms with Gasteiger partial charge in [0, 0.05) is 37.8 Å². The highest BCUT2D eigenvalue weighted by Gasteiger charge is 2.43. The number of carbonyl (C=O) groups excluding carboxylic acids is 2. The lowest BCUT2D eigenvalue weighted by Gasteiger charge is -2.39. The molecule has 35 heavy (non-hydrogen) atoms. The van der Waals surface area contributed by atoms with Crippen molar-refractivity contribution in [2.24, 2.45) is 5.41 Å². The predicted molar refractivity (Wildman–Crippen MR) is 137 cm³/mol. The molecule has 7 nitrogen and oxygen atoms in total. The monoisotopic (exact) mass is 478 g/mol. The molecule has 1 aromatic carbocycles. The molecule has 2 amide bonds. The van der Waals surface area contributed by atoms with Crippen LogP contribution in [0.25, 0.3) is 6.08 Å². The Morgan fingerprint density at radius 3 is 2.40 bits per heavy atom. The number of benzene rings is 1. The van der Waals surface area contributed by atoms with E-state index in [2.05, 4.69) is 25.9 Å². The third-order valence-electron chi connectivity index (χ3n) is 7.17. The normalized spacial score (nSPS) is 18.0. The lowest BCUT2D eigenvalue weighted by molar-refractivity contribution is -0.128. The van der Waals surface area contributed by atoms with Crippen LogP contribution in [0.1, 0.15) is 68.7 Å². The molecule has 2 fully saturated rings. The molecule has 0 atom stereocenters. The molecule has 0 saturated carbocycles. The fraction of sp³-hybridized carbons (Fsp3) is 0.536. The van der Waals surface area contributed by atoms with Crippen molar-refractivity contribution in [2.45, 2.75) is 59.4 Å². The summed E-state index contributed by atoms with van der Waals surface area (Å²) < 4.78 is 7.51. The van der Waals surface area contributed by atoms with Gasteiger partial charge in [0.15, 0.2) is 0 Å². The van der Waals surface area contributed by atoms with Gasteiger partial charge >= 0.3 is 0 Å². The summed E-state index contributed by atoms with van der Waals surface area (Å²) in [7, 11) is 0. The van der Waals surface area contributed by atoms with Crippen molar-refractivity contribution in [1.82, 2.24) is 19.6 Å². The van der Waals surface area contributed by atoms with E-state index in [1.807, 2.05) is 64.7 Å². The van der Waals surface area contributed by atoms with E-state index >= 15 is 0 Å². The Kier molecular flexibility index (Phi) is 7.06. The Balaban J connectivity index is 1.36. The van der Waals surface area contributed by atoms with Crippen LogP contribution in [0.5, 0.6) is 5.75 Å². The van der Waals surface area contributed by atoms with Crippen LogP contribution in [0.4, 0.5) is 0 Å². The van der Waals surface area contributed by atoms with E-state index in [1.54, 1.807) is 6.08 Å². The lowest BCUT2D eigenvalue weighted by Crippen LogP contribution is -2.44. The van der Waals surface area contributed by atoms with E-state index in [-0.39, 0.29) is 22.8 Å². The van der Waals surface area contributed by atoms with Gasteiger partial charge < -0.3 is 14.5 Å². The second-order valence-electron chi connectivity index (χ2n) is 10.9. The average molecular weight is 479 g/mol. The van der Waals surface area contributed by atoms with Crippen molar-refractivity contribution in [2.75, 3.05) is 32.8 Å². The summed E-state index contributed by atoms with van der Waals surface area (Å²) in [4.78, 5) is 30.2. The first kappa shape index (κ1) is 25.0. The van der Waals surface area contributed by atoms with E-state index in [4.69, 9.17) is 4.74 Å². The van der Waals surface area contributed by atoms with Crippen molar-refractivity contribution in [3.63, 3.8) is 0 Å². The summed E-state index contributed by atoms with van der Waals surface area (Å²) in [5.41, 5.74) is 2.28. The Bertz CT molecular complexity index is 1100. The summed E-state index contributed by atoms with van der Waals surface area (Å²) in [5.74, 6) is 0.879. The van der Waals surface area contributed by atoms with Gasteiger partial charge in [0.1, 0.15) is 11.4 Å². The fourth-order valence-electron chi connectivity index (χ4n) is 5.21. The van der Waals surface area contributed by atoms with E-state index < -0.39 is 0 Å². The van der Waals surface area contributed by atoms with Gasteiger partial charge in [0.25, 0.3) is 5.91 Å². The van der Waals surface area contributed by atoms with Crippen LogP contribution >= 0.6 is 0 Å². The summed E-state index contributed by atoms with van der Waals surface area (Å²) in [6, 6.07) is 9.65. The molecule has 0 unspecified atom stereocenters. The van der Waals surface area contributed by atoms with Gasteiger partial charge in [-0.05, 0) is 77.5 Å². The maximum Gasteiger partial charge on any atom is 0.272 e. The average Bonchev–Trinajstić information content (AvgIpc) is 3.42. The molecule has 0 radical (unpaired) electrons. The maximum absolute atomic E-state index is 13.4. The zero-order chi connectivity index (χ0) is 25.2. The minimum Gasteiger partial charge on any atom is -0.493 e. The number of ether oxygens (including phenoxy) is 1. The standard InChI is InChI=1S/C28H38N4O3/c1-6-35-24-10-8-7-9-22(24)11-12-25(33)30-16-13-28(14-17-30)15-18-31(20-28)26(34)23-19-21(2)29-32(23)27(3,4)5/h7-12,19H,6,13-18,20H2,1-5H3. The van der Waals surface area contributed by atoms with E-state index in [9.17, 15) is 9.59 Å². The fourth-order valence-corrected chi connectivity index (χ4v) is 5.21. The van der Waals surface area contributed by atoms with Gasteiger partial charge in [0.2, 0.25) is 5.91 Å². The number of para-hydroxylation sites is 1. The van der Waals surface area contributed by atoms with Gasteiger partial charge in [-0.2, -0.15) is 5.10 Å². The molecule has 1 aromatic heterocycles. The molecule has 0 bridgehead atoms. The minimum absolute atomic E-state index is 0.0293. The summed E-state index contributed by atoms with van der Waals surface area (Å²) in [6.45, 7) is 13.6. The highest BCUT2D eigenvalue weighted by molar-refractivity contribution is 5.93. The number of hydrogen-bond donors (Lipinski definition) is 0. The van der Waals surface area contributed by atoms with Crippen LogP contribution in [0.15, 0.2) is 36.4 Å². The Morgan fingerprint density at radius 1 is 1.09 bits per heavy atom. The van der Waals surface area contributed by atoms with Crippen LogP contribution in [0, 0.1) is 12.3 Å². The molecule has 2 aliphatic rings. The molecular formula is C28H38N4O3. The lowest BCUT2D eigenvalue weighted by atomic mass is 9.78. The summed E-state index contributed by atoms with van der Waals surface area (Å²) in [6.07, 6.45) is 6.32. The van der Waals surface area contributed by atoms with Gasteiger partial charge in [0.05, 0.1) is 17.8 Å². The quantitative estimate of drug-likeness (QED) is 0.593. The van der Waals surface area contributed by atoms with Crippen molar-refractivity contribution in [1.29, 1.82) is 0 Å². The topological polar surface area (TPSA) is 67.7 Å². The van der Waals surface area contributed by atoms with Crippen molar-refractivity contribution < 1.29 is 14.3 Å². The van der Waals surface area contributed by atoms with Crippen LogP contribution in [0.2, 0.25) is 0 Å². The summed E-state index contributed by atoms with van der Waals surface area (Å²) in [5, 5.41) is 4.57. The third-order valence-corrected chi connectivity index (χ3v) is 7.17. The number of hydrogen-bond acceptors (Lipinski definition) is 4. The van der Waals surface area contributed by atoms with Gasteiger partial charge in [-0.15, -0.1) is 0 Å². The molecule has 0 N–H and O–H groups in total. The first-order valence-electron chi connectivity index (χ1n) is 12.7. The number of carbonyl (C=O) groups is 2. The van der Waals surface area contributed by atoms with Gasteiger partial charge in [-0.1, -0.05) is 18.2 Å². The molecule has 2 aromatic rings. The van der Waals surface area contributed by atoms with Gasteiger partial charge in [-0.25, -0.2) is 0 Å². The van der Waals surface area contributed by atoms with E-state index in [0.29, 0.717) is 12.3 Å². The maximum atomic E-state index is 13.4. The van der Waals surface area contributed by atoms with Crippen molar-refractivity contribution in [3.8, 4) is 5.75 Å². The Hall–Kier alpha value is -3.09. The largest absolute Gasteiger partial charge is 0.493 e. The van der Waals surface area contributed by atoms with Crippen LogP contribution < -0.4 is 4.74 Å². The van der Waals surface area contributed by atoms with Gasteiger partial charge in [-0.3, -0.25) is 14.3 Å². The molecule has 188 valence electrons. The Labute approximate surface area is 208 Å². The van der Waals surface area contributed by atoms with E-state index in [0.717, 1.165) is 62.4 Å². The number of rotatable bonds is 5. The zero-order valence-electron chi connectivity index (χ0n) is 21.7. The van der Waals surface area contributed by atoms with Crippen molar-refractivity contribution in [3.05, 3.63) is 53.4 Å². The smallest absolute Gasteiger partial charge is 0.272 e. The molecule has 2 saturated heterocycles. The minimum atomic E-state index is -0.251. The second-order valence-corrected chi connectivity index (χ2v) is 10.9. The summed E-state index contributed by atoms with van der Waals surface area (Å²) >= 11 is 0. The Morgan fingerprint density at radius 2 is 1.74 bits per heavy atom. The number of amides is 2. The zero-order valence-corrected chi connectivity index (χ0v) is 21.7. The number of aromatic nitrogens is 2. The SMILES string of the molecule is CCOc1ccccc1C=CC(=O)N1CCC2(CC1)CCN(C(=O)c1cc(C)nn1C(C)(C)C)C2. The van der Waals surface area contributed by atoms with Crippen LogP contribution in [-0.2, 0) is 10.3 Å².